The van der Waals surface area contributed by atoms with Crippen LogP contribution in [0.3, 0.4) is 0 Å². The van der Waals surface area contributed by atoms with E-state index in [1.807, 2.05) is 26.1 Å². The summed E-state index contributed by atoms with van der Waals surface area (Å²) in [6.45, 7) is 4.95. The monoisotopic (exact) mass is 231 g/mol. The van der Waals surface area contributed by atoms with Gasteiger partial charge in [-0.05, 0) is 26.3 Å². The van der Waals surface area contributed by atoms with E-state index < -0.39 is 0 Å². The van der Waals surface area contributed by atoms with Gasteiger partial charge in [-0.2, -0.15) is 0 Å². The van der Waals surface area contributed by atoms with Gasteiger partial charge in [-0.3, -0.25) is 4.79 Å². The number of imidazole rings is 1. The number of nitrogens with zero attached hydrogens (tertiary/aromatic N) is 2. The van der Waals surface area contributed by atoms with Gasteiger partial charge in [-0.1, -0.05) is 0 Å². The number of hydrogen-bond acceptors (Lipinski definition) is 2. The van der Waals surface area contributed by atoms with Crippen LogP contribution in [0.1, 0.15) is 34.0 Å². The lowest BCUT2D eigenvalue weighted by molar-refractivity contribution is 0.112. The second-order valence-electron chi connectivity index (χ2n) is 4.24. The molecule has 0 saturated heterocycles. The first-order chi connectivity index (χ1) is 8.22. The molecule has 1 N–H and O–H groups in total. The van der Waals surface area contributed by atoms with Gasteiger partial charge in [0.25, 0.3) is 0 Å². The molecule has 0 radical (unpaired) electrons. The molecule has 2 rings (SSSR count). The van der Waals surface area contributed by atoms with Gasteiger partial charge >= 0.3 is 0 Å². The number of carbonyl (C=O) groups is 1. The number of H-pyrrole nitrogens is 1. The Bertz CT molecular complexity index is 497. The molecule has 0 aliphatic carbocycles. The van der Waals surface area contributed by atoms with E-state index >= 15 is 0 Å². The zero-order valence-corrected chi connectivity index (χ0v) is 10.2. The van der Waals surface area contributed by atoms with Crippen molar-refractivity contribution in [2.45, 2.75) is 33.2 Å². The first kappa shape index (κ1) is 11.6. The highest BCUT2D eigenvalue weighted by molar-refractivity contribution is 5.77. The van der Waals surface area contributed by atoms with Crippen LogP contribution < -0.4 is 0 Å². The molecule has 4 heteroatoms. The van der Waals surface area contributed by atoms with E-state index in [4.69, 9.17) is 0 Å². The second-order valence-corrected chi connectivity index (χ2v) is 4.24. The number of carbonyl (C=O) groups excluding carboxylic acids is 1. The van der Waals surface area contributed by atoms with Crippen LogP contribution in [0.4, 0.5) is 0 Å². The van der Waals surface area contributed by atoms with Crippen molar-refractivity contribution in [3.05, 3.63) is 41.2 Å². The summed E-state index contributed by atoms with van der Waals surface area (Å²) in [6.07, 6.45) is 6.48. The van der Waals surface area contributed by atoms with Crippen LogP contribution in [0.15, 0.2) is 18.5 Å². The molecule has 0 amide bonds. The van der Waals surface area contributed by atoms with E-state index in [1.54, 1.807) is 6.20 Å². The van der Waals surface area contributed by atoms with Crippen LogP contribution >= 0.6 is 0 Å². The van der Waals surface area contributed by atoms with Crippen molar-refractivity contribution in [1.29, 1.82) is 0 Å². The molecule has 2 heterocycles. The number of aryl methyl sites for hydroxylation is 2. The zero-order chi connectivity index (χ0) is 12.3. The summed E-state index contributed by atoms with van der Waals surface area (Å²) in [5, 5.41) is 0. The highest BCUT2D eigenvalue weighted by Crippen LogP contribution is 2.14. The van der Waals surface area contributed by atoms with E-state index in [1.165, 1.54) is 0 Å². The minimum atomic E-state index is 0.792. The average molecular weight is 231 g/mol. The van der Waals surface area contributed by atoms with Crippen molar-refractivity contribution in [1.82, 2.24) is 14.5 Å². The smallest absolute Gasteiger partial charge is 0.151 e. The van der Waals surface area contributed by atoms with E-state index in [0.717, 1.165) is 48.4 Å². The zero-order valence-electron chi connectivity index (χ0n) is 10.2. The Hall–Kier alpha value is -1.84. The van der Waals surface area contributed by atoms with Gasteiger partial charge in [-0.25, -0.2) is 4.98 Å². The van der Waals surface area contributed by atoms with Gasteiger partial charge in [-0.15, -0.1) is 0 Å². The number of aromatic amines is 1. The number of rotatable bonds is 5. The normalized spacial score (nSPS) is 10.7. The Morgan fingerprint density at radius 3 is 2.88 bits per heavy atom. The molecule has 0 bridgehead atoms. The first-order valence-electron chi connectivity index (χ1n) is 5.82. The minimum absolute atomic E-state index is 0.792. The summed E-state index contributed by atoms with van der Waals surface area (Å²) in [4.78, 5) is 18.1. The molecule has 90 valence electrons. The Morgan fingerprint density at radius 2 is 2.29 bits per heavy atom. The van der Waals surface area contributed by atoms with Crippen molar-refractivity contribution >= 4 is 6.29 Å². The Labute approximate surface area is 101 Å². The van der Waals surface area contributed by atoms with Gasteiger partial charge in [0.05, 0.1) is 0 Å². The minimum Gasteiger partial charge on any atom is -0.349 e. The van der Waals surface area contributed by atoms with Crippen molar-refractivity contribution < 1.29 is 4.79 Å². The lowest BCUT2D eigenvalue weighted by Crippen LogP contribution is -2.04. The van der Waals surface area contributed by atoms with E-state index in [2.05, 4.69) is 14.5 Å². The van der Waals surface area contributed by atoms with Gasteiger partial charge in [0, 0.05) is 42.3 Å². The molecule has 0 fully saturated rings. The van der Waals surface area contributed by atoms with E-state index in [9.17, 15) is 4.79 Å². The van der Waals surface area contributed by atoms with Crippen molar-refractivity contribution in [3.63, 3.8) is 0 Å². The molecular weight excluding hydrogens is 214 g/mol. The third-order valence-corrected chi connectivity index (χ3v) is 3.09. The summed E-state index contributed by atoms with van der Waals surface area (Å²) < 4.78 is 2.19. The molecular formula is C13H17N3O. The van der Waals surface area contributed by atoms with Gasteiger partial charge in [0.1, 0.15) is 5.82 Å². The van der Waals surface area contributed by atoms with Crippen LogP contribution in [0, 0.1) is 13.8 Å². The topological polar surface area (TPSA) is 50.7 Å². The average Bonchev–Trinajstić information content (AvgIpc) is 2.91. The van der Waals surface area contributed by atoms with Crippen molar-refractivity contribution in [2.75, 3.05) is 0 Å². The largest absolute Gasteiger partial charge is 0.349 e. The molecule has 2 aromatic rings. The quantitative estimate of drug-likeness (QED) is 0.802. The third kappa shape index (κ3) is 2.46. The van der Waals surface area contributed by atoms with Gasteiger partial charge in [0.15, 0.2) is 6.29 Å². The maximum atomic E-state index is 10.8. The SMILES string of the molecule is Cc1cc(C=O)c(C)n1CCCc1ncc[nH]1. The molecule has 17 heavy (non-hydrogen) atoms. The molecule has 0 saturated carbocycles. The van der Waals surface area contributed by atoms with Crippen LogP contribution in [0.2, 0.25) is 0 Å². The fourth-order valence-corrected chi connectivity index (χ4v) is 2.13. The first-order valence-corrected chi connectivity index (χ1v) is 5.82. The third-order valence-electron chi connectivity index (χ3n) is 3.09. The van der Waals surface area contributed by atoms with E-state index in [0.29, 0.717) is 0 Å². The summed E-state index contributed by atoms with van der Waals surface area (Å²) in [6, 6.07) is 1.94. The molecule has 0 spiro atoms. The van der Waals surface area contributed by atoms with Crippen LogP contribution in [-0.2, 0) is 13.0 Å². The maximum Gasteiger partial charge on any atom is 0.151 e. The predicted molar refractivity (Wildman–Crippen MR) is 66.2 cm³/mol. The number of aldehydes is 1. The second kappa shape index (κ2) is 4.99. The molecule has 0 atom stereocenters. The van der Waals surface area contributed by atoms with Crippen LogP contribution in [-0.4, -0.2) is 20.8 Å². The lowest BCUT2D eigenvalue weighted by Gasteiger charge is -2.08. The Morgan fingerprint density at radius 1 is 1.47 bits per heavy atom. The maximum absolute atomic E-state index is 10.8. The molecule has 0 aliphatic rings. The van der Waals surface area contributed by atoms with E-state index in [-0.39, 0.29) is 0 Å². The summed E-state index contributed by atoms with van der Waals surface area (Å²) in [7, 11) is 0. The molecule has 2 aromatic heterocycles. The molecule has 4 nitrogen and oxygen atoms in total. The molecule has 0 unspecified atom stereocenters. The summed E-state index contributed by atoms with van der Waals surface area (Å²) in [5.41, 5.74) is 2.99. The fourth-order valence-electron chi connectivity index (χ4n) is 2.13. The number of aromatic nitrogens is 3. The Kier molecular flexibility index (Phi) is 3.42. The highest BCUT2D eigenvalue weighted by atomic mass is 16.1. The van der Waals surface area contributed by atoms with Crippen molar-refractivity contribution in [2.24, 2.45) is 0 Å². The number of hydrogen-bond donors (Lipinski definition) is 1. The summed E-state index contributed by atoms with van der Waals surface area (Å²) >= 11 is 0. The molecule has 0 aliphatic heterocycles. The number of nitrogens with one attached hydrogen (secondary N) is 1. The summed E-state index contributed by atoms with van der Waals surface area (Å²) in [5.74, 6) is 1.02. The van der Waals surface area contributed by atoms with Crippen LogP contribution in [0.5, 0.6) is 0 Å². The molecule has 0 aromatic carbocycles. The highest BCUT2D eigenvalue weighted by Gasteiger charge is 2.07. The van der Waals surface area contributed by atoms with Gasteiger partial charge < -0.3 is 9.55 Å². The van der Waals surface area contributed by atoms with Gasteiger partial charge in [0.2, 0.25) is 0 Å². The van der Waals surface area contributed by atoms with Crippen molar-refractivity contribution in [3.8, 4) is 0 Å². The standard InChI is InChI=1S/C13H17N3O/c1-10-8-12(9-17)11(2)16(10)7-3-4-13-14-5-6-15-13/h5-6,8-9H,3-4,7H2,1-2H3,(H,14,15). The van der Waals surface area contributed by atoms with Crippen LogP contribution in [0.25, 0.3) is 0 Å². The fraction of sp³-hybridized carbons (Fsp3) is 0.385. The predicted octanol–water partition coefficient (Wildman–Crippen LogP) is 2.27. The Balaban J connectivity index is 1.99. The lowest BCUT2D eigenvalue weighted by atomic mass is 10.2.